The standard InChI is InChI=1S/C12H12N2O3/c1-2-9(12-11(3-1)16-8-17-12)4-13-5-10-6-14-7-15-10/h1-3,6-7,13H,4-5,8H2. The normalized spacial score (nSPS) is 12.9. The van der Waals surface area contributed by atoms with Gasteiger partial charge in [0.25, 0.3) is 0 Å². The minimum Gasteiger partial charge on any atom is -0.454 e. The number of rotatable bonds is 4. The lowest BCUT2D eigenvalue weighted by Crippen LogP contribution is -2.12. The van der Waals surface area contributed by atoms with Gasteiger partial charge in [-0.25, -0.2) is 4.98 Å². The summed E-state index contributed by atoms with van der Waals surface area (Å²) < 4.78 is 15.9. The van der Waals surface area contributed by atoms with Crippen molar-refractivity contribution in [3.63, 3.8) is 0 Å². The molecule has 1 aromatic carbocycles. The number of hydrogen-bond donors (Lipinski definition) is 1. The van der Waals surface area contributed by atoms with Crippen molar-refractivity contribution >= 4 is 0 Å². The van der Waals surface area contributed by atoms with Gasteiger partial charge in [0.2, 0.25) is 6.79 Å². The third kappa shape index (κ3) is 2.09. The molecule has 0 atom stereocenters. The SMILES string of the molecule is c1cc(CNCc2cnco2)c2c(c1)OCO2. The number of hydrogen-bond acceptors (Lipinski definition) is 5. The molecule has 0 unspecified atom stereocenters. The number of benzene rings is 1. The maximum absolute atomic E-state index is 5.42. The molecule has 0 bridgehead atoms. The van der Waals surface area contributed by atoms with Gasteiger partial charge in [-0.1, -0.05) is 12.1 Å². The third-order valence-electron chi connectivity index (χ3n) is 2.58. The van der Waals surface area contributed by atoms with E-state index in [2.05, 4.69) is 10.3 Å². The van der Waals surface area contributed by atoms with E-state index in [0.717, 1.165) is 22.8 Å². The zero-order chi connectivity index (χ0) is 11.5. The molecule has 1 N–H and O–H groups in total. The Morgan fingerprint density at radius 1 is 1.24 bits per heavy atom. The number of nitrogens with zero attached hydrogens (tertiary/aromatic N) is 1. The average Bonchev–Trinajstić information content (AvgIpc) is 2.99. The highest BCUT2D eigenvalue weighted by molar-refractivity contribution is 5.48. The largest absolute Gasteiger partial charge is 0.454 e. The number of oxazole rings is 1. The zero-order valence-electron chi connectivity index (χ0n) is 9.18. The number of aromatic nitrogens is 1. The van der Waals surface area contributed by atoms with E-state index < -0.39 is 0 Å². The Balaban J connectivity index is 1.64. The molecule has 88 valence electrons. The maximum atomic E-state index is 5.42. The lowest BCUT2D eigenvalue weighted by atomic mass is 10.2. The molecule has 2 heterocycles. The summed E-state index contributed by atoms with van der Waals surface area (Å²) in [6.45, 7) is 1.65. The molecule has 0 aliphatic carbocycles. The molecule has 5 heteroatoms. The van der Waals surface area contributed by atoms with Gasteiger partial charge in [0.05, 0.1) is 12.7 Å². The van der Waals surface area contributed by atoms with Crippen LogP contribution in [0.25, 0.3) is 0 Å². The molecule has 1 aromatic heterocycles. The molecule has 1 aliphatic rings. The Kier molecular flexibility index (Phi) is 2.67. The van der Waals surface area contributed by atoms with Crippen molar-refractivity contribution in [3.05, 3.63) is 42.1 Å². The molecule has 2 aromatic rings. The monoisotopic (exact) mass is 232 g/mol. The fraction of sp³-hybridized carbons (Fsp3) is 0.250. The van der Waals surface area contributed by atoms with Gasteiger partial charge in [-0.2, -0.15) is 0 Å². The van der Waals surface area contributed by atoms with Crippen molar-refractivity contribution < 1.29 is 13.9 Å². The van der Waals surface area contributed by atoms with Gasteiger partial charge in [0, 0.05) is 12.1 Å². The minimum atomic E-state index is 0.300. The number of para-hydroxylation sites is 1. The van der Waals surface area contributed by atoms with Gasteiger partial charge in [0.1, 0.15) is 5.76 Å². The molecule has 1 aliphatic heterocycles. The van der Waals surface area contributed by atoms with Crippen LogP contribution in [0.2, 0.25) is 0 Å². The Hall–Kier alpha value is -2.01. The molecule has 0 saturated heterocycles. The quantitative estimate of drug-likeness (QED) is 0.869. The molecule has 0 saturated carbocycles. The van der Waals surface area contributed by atoms with Crippen LogP contribution in [0, 0.1) is 0 Å². The van der Waals surface area contributed by atoms with E-state index >= 15 is 0 Å². The Bertz CT molecular complexity index is 496. The lowest BCUT2D eigenvalue weighted by Gasteiger charge is -2.06. The predicted octanol–water partition coefficient (Wildman–Crippen LogP) is 1.69. The van der Waals surface area contributed by atoms with Crippen LogP contribution in [-0.2, 0) is 13.1 Å². The second-order valence-corrected chi connectivity index (χ2v) is 3.72. The fourth-order valence-corrected chi connectivity index (χ4v) is 1.78. The molecular formula is C12H12N2O3. The highest BCUT2D eigenvalue weighted by Gasteiger charge is 2.16. The van der Waals surface area contributed by atoms with Crippen LogP contribution in [-0.4, -0.2) is 11.8 Å². The van der Waals surface area contributed by atoms with Crippen molar-refractivity contribution in [2.24, 2.45) is 0 Å². The first kappa shape index (κ1) is 10.2. The smallest absolute Gasteiger partial charge is 0.231 e. The summed E-state index contributed by atoms with van der Waals surface area (Å²) in [6, 6.07) is 5.88. The van der Waals surface area contributed by atoms with E-state index in [0.29, 0.717) is 19.9 Å². The summed E-state index contributed by atoms with van der Waals surface area (Å²) >= 11 is 0. The summed E-state index contributed by atoms with van der Waals surface area (Å²) in [4.78, 5) is 3.85. The summed E-state index contributed by atoms with van der Waals surface area (Å²) in [5, 5.41) is 3.26. The molecule has 3 rings (SSSR count). The average molecular weight is 232 g/mol. The van der Waals surface area contributed by atoms with Gasteiger partial charge in [-0.3, -0.25) is 0 Å². The number of nitrogens with one attached hydrogen (secondary N) is 1. The molecule has 5 nitrogen and oxygen atoms in total. The van der Waals surface area contributed by atoms with E-state index in [1.807, 2.05) is 18.2 Å². The first-order valence-corrected chi connectivity index (χ1v) is 5.39. The first-order chi connectivity index (χ1) is 8.43. The summed E-state index contributed by atoms with van der Waals surface area (Å²) in [6.07, 6.45) is 3.12. The van der Waals surface area contributed by atoms with Gasteiger partial charge in [0.15, 0.2) is 17.9 Å². The maximum Gasteiger partial charge on any atom is 0.231 e. The van der Waals surface area contributed by atoms with Crippen LogP contribution in [0.15, 0.2) is 35.2 Å². The topological polar surface area (TPSA) is 56.5 Å². The van der Waals surface area contributed by atoms with E-state index in [9.17, 15) is 0 Å². The van der Waals surface area contributed by atoms with Crippen LogP contribution in [0.1, 0.15) is 11.3 Å². The van der Waals surface area contributed by atoms with Gasteiger partial charge in [-0.05, 0) is 6.07 Å². The summed E-state index contributed by atoms with van der Waals surface area (Å²) in [5.41, 5.74) is 1.08. The lowest BCUT2D eigenvalue weighted by molar-refractivity contribution is 0.173. The van der Waals surface area contributed by atoms with Crippen molar-refractivity contribution in [1.82, 2.24) is 10.3 Å². The molecular weight excluding hydrogens is 220 g/mol. The summed E-state index contributed by atoms with van der Waals surface area (Å²) in [7, 11) is 0. The molecule has 0 spiro atoms. The number of ether oxygens (including phenoxy) is 2. The van der Waals surface area contributed by atoms with E-state index in [1.54, 1.807) is 6.20 Å². The number of fused-ring (bicyclic) bond motifs is 1. The second kappa shape index (κ2) is 4.47. The van der Waals surface area contributed by atoms with Crippen LogP contribution in [0.4, 0.5) is 0 Å². The Morgan fingerprint density at radius 3 is 3.12 bits per heavy atom. The highest BCUT2D eigenvalue weighted by Crippen LogP contribution is 2.35. The third-order valence-corrected chi connectivity index (χ3v) is 2.58. The minimum absolute atomic E-state index is 0.300. The Morgan fingerprint density at radius 2 is 2.24 bits per heavy atom. The first-order valence-electron chi connectivity index (χ1n) is 5.39. The zero-order valence-corrected chi connectivity index (χ0v) is 9.18. The van der Waals surface area contributed by atoms with E-state index in [1.165, 1.54) is 6.39 Å². The second-order valence-electron chi connectivity index (χ2n) is 3.72. The Labute approximate surface area is 98.4 Å². The molecule has 0 radical (unpaired) electrons. The highest BCUT2D eigenvalue weighted by atomic mass is 16.7. The van der Waals surface area contributed by atoms with E-state index in [-0.39, 0.29) is 0 Å². The van der Waals surface area contributed by atoms with E-state index in [4.69, 9.17) is 13.9 Å². The van der Waals surface area contributed by atoms with Crippen LogP contribution >= 0.6 is 0 Å². The van der Waals surface area contributed by atoms with Gasteiger partial charge in [-0.15, -0.1) is 0 Å². The van der Waals surface area contributed by atoms with Crippen molar-refractivity contribution in [2.75, 3.05) is 6.79 Å². The van der Waals surface area contributed by atoms with Crippen LogP contribution in [0.3, 0.4) is 0 Å². The fourth-order valence-electron chi connectivity index (χ4n) is 1.78. The van der Waals surface area contributed by atoms with Gasteiger partial charge < -0.3 is 19.2 Å². The summed E-state index contributed by atoms with van der Waals surface area (Å²) in [5.74, 6) is 2.45. The van der Waals surface area contributed by atoms with Crippen molar-refractivity contribution in [3.8, 4) is 11.5 Å². The molecule has 0 fully saturated rings. The van der Waals surface area contributed by atoms with Crippen LogP contribution < -0.4 is 14.8 Å². The predicted molar refractivity (Wildman–Crippen MR) is 59.6 cm³/mol. The molecule has 0 amide bonds. The van der Waals surface area contributed by atoms with Crippen molar-refractivity contribution in [2.45, 2.75) is 13.1 Å². The van der Waals surface area contributed by atoms with Crippen LogP contribution in [0.5, 0.6) is 11.5 Å². The van der Waals surface area contributed by atoms with Gasteiger partial charge >= 0.3 is 0 Å². The molecule has 17 heavy (non-hydrogen) atoms. The van der Waals surface area contributed by atoms with Crippen molar-refractivity contribution in [1.29, 1.82) is 0 Å².